The Balaban J connectivity index is 2.13. The molecule has 1 saturated heterocycles. The Morgan fingerprint density at radius 1 is 1.57 bits per heavy atom. The van der Waals surface area contributed by atoms with Gasteiger partial charge in [0.05, 0.1) is 11.2 Å². The smallest absolute Gasteiger partial charge is 0.326 e. The van der Waals surface area contributed by atoms with Crippen molar-refractivity contribution in [3.63, 3.8) is 0 Å². The van der Waals surface area contributed by atoms with Gasteiger partial charge in [0.1, 0.15) is 16.1 Å². The third-order valence-electron chi connectivity index (χ3n) is 3.30. The van der Waals surface area contributed by atoms with Gasteiger partial charge in [-0.15, -0.1) is 0 Å². The van der Waals surface area contributed by atoms with Crippen LogP contribution in [0.4, 0.5) is 0 Å². The number of allylic oxidation sites excluding steroid dienone is 2. The van der Waals surface area contributed by atoms with Crippen molar-refractivity contribution in [3.8, 4) is 0 Å². The zero-order valence-corrected chi connectivity index (χ0v) is 14.2. The van der Waals surface area contributed by atoms with E-state index >= 15 is 0 Å². The summed E-state index contributed by atoms with van der Waals surface area (Å²) in [5.74, 6) is -0.710. The molecule has 0 spiro atoms. The monoisotopic (exact) mass is 351 g/mol. The van der Waals surface area contributed by atoms with Crippen molar-refractivity contribution in [1.82, 2.24) is 4.90 Å². The first-order chi connectivity index (χ1) is 11.0. The van der Waals surface area contributed by atoms with Crippen molar-refractivity contribution in [2.24, 2.45) is 0 Å². The lowest BCUT2D eigenvalue weighted by atomic mass is 10.1. The topological polar surface area (TPSA) is 70.8 Å². The molecular formula is C16H17NO4S2. The van der Waals surface area contributed by atoms with E-state index in [1.807, 2.05) is 6.92 Å². The van der Waals surface area contributed by atoms with Crippen LogP contribution < -0.4 is 0 Å². The van der Waals surface area contributed by atoms with Crippen molar-refractivity contribution < 1.29 is 19.1 Å². The Kier molecular flexibility index (Phi) is 6.18. The first-order valence-electron chi connectivity index (χ1n) is 7.24. The van der Waals surface area contributed by atoms with Crippen molar-refractivity contribution in [1.29, 1.82) is 0 Å². The summed E-state index contributed by atoms with van der Waals surface area (Å²) in [6, 6.07) is 2.66. The highest BCUT2D eigenvalue weighted by molar-refractivity contribution is 8.26. The molecule has 2 rings (SSSR count). The fourth-order valence-corrected chi connectivity index (χ4v) is 3.45. The van der Waals surface area contributed by atoms with Gasteiger partial charge in [0.15, 0.2) is 0 Å². The van der Waals surface area contributed by atoms with Gasteiger partial charge in [-0.3, -0.25) is 9.69 Å². The van der Waals surface area contributed by atoms with E-state index in [-0.39, 0.29) is 10.2 Å². The molecule has 0 aliphatic carbocycles. The minimum atomic E-state index is -1.03. The number of thiocarbonyl (C=S) groups is 1. The van der Waals surface area contributed by atoms with Gasteiger partial charge < -0.3 is 9.52 Å². The second kappa shape index (κ2) is 8.12. The van der Waals surface area contributed by atoms with Crippen LogP contribution in [0.15, 0.2) is 39.9 Å². The number of nitrogens with zero attached hydrogens (tertiary/aromatic N) is 1. The van der Waals surface area contributed by atoms with Gasteiger partial charge in [-0.05, 0) is 30.7 Å². The van der Waals surface area contributed by atoms with Crippen molar-refractivity contribution in [2.45, 2.75) is 32.2 Å². The number of carbonyl (C=O) groups is 2. The maximum Gasteiger partial charge on any atom is 0.326 e. The molecule has 0 radical (unpaired) electrons. The third-order valence-corrected chi connectivity index (χ3v) is 4.65. The molecular weight excluding hydrogens is 334 g/mol. The molecule has 1 atom stereocenters. The molecule has 1 amide bonds. The summed E-state index contributed by atoms with van der Waals surface area (Å²) in [6.07, 6.45) is 8.58. The minimum absolute atomic E-state index is 0.288. The van der Waals surface area contributed by atoms with E-state index < -0.39 is 12.0 Å². The number of carbonyl (C=O) groups excluding carboxylic acids is 1. The molecule has 1 aliphatic rings. The average Bonchev–Trinajstić information content (AvgIpc) is 3.11. The molecule has 2 heterocycles. The van der Waals surface area contributed by atoms with Gasteiger partial charge in [0.25, 0.3) is 5.91 Å². The SMILES string of the molecule is CCCCC(C(=O)O)N1C(=O)/C(=C\C=C\c2ccco2)SC1=S. The van der Waals surface area contributed by atoms with Crippen LogP contribution >= 0.6 is 24.0 Å². The first-order valence-corrected chi connectivity index (χ1v) is 8.47. The average molecular weight is 351 g/mol. The predicted molar refractivity (Wildman–Crippen MR) is 93.8 cm³/mol. The molecule has 5 nitrogen and oxygen atoms in total. The molecule has 1 unspecified atom stereocenters. The van der Waals surface area contributed by atoms with Crippen LogP contribution in [0.25, 0.3) is 6.08 Å². The Labute approximate surface area is 144 Å². The fourth-order valence-electron chi connectivity index (χ4n) is 2.14. The standard InChI is InChI=1S/C16H17NO4S2/c1-2-3-8-12(15(19)20)17-14(18)13(23-16(17)22)9-4-6-11-7-5-10-21-11/h4-7,9-10,12H,2-3,8H2,1H3,(H,19,20)/b6-4+,13-9+. The summed E-state index contributed by atoms with van der Waals surface area (Å²) in [7, 11) is 0. The van der Waals surface area contributed by atoms with E-state index in [4.69, 9.17) is 16.6 Å². The number of aliphatic carboxylic acids is 1. The van der Waals surface area contributed by atoms with Crippen LogP contribution in [-0.2, 0) is 9.59 Å². The zero-order chi connectivity index (χ0) is 16.8. The van der Waals surface area contributed by atoms with Gasteiger partial charge >= 0.3 is 5.97 Å². The molecule has 1 aromatic rings. The number of thioether (sulfide) groups is 1. The van der Waals surface area contributed by atoms with Crippen molar-refractivity contribution >= 4 is 46.3 Å². The summed E-state index contributed by atoms with van der Waals surface area (Å²) in [5, 5.41) is 9.37. The number of unbranched alkanes of at least 4 members (excludes halogenated alkanes) is 1. The molecule has 0 aromatic carbocycles. The minimum Gasteiger partial charge on any atom is -0.480 e. The summed E-state index contributed by atoms with van der Waals surface area (Å²) in [5.41, 5.74) is 0. The predicted octanol–water partition coefficient (Wildman–Crippen LogP) is 3.68. The largest absolute Gasteiger partial charge is 0.480 e. The van der Waals surface area contributed by atoms with E-state index in [0.717, 1.165) is 24.6 Å². The highest BCUT2D eigenvalue weighted by atomic mass is 32.2. The van der Waals surface area contributed by atoms with Gasteiger partial charge in [-0.2, -0.15) is 0 Å². The van der Waals surface area contributed by atoms with E-state index in [9.17, 15) is 14.7 Å². The third kappa shape index (κ3) is 4.33. The summed E-state index contributed by atoms with van der Waals surface area (Å²) in [4.78, 5) is 25.5. The summed E-state index contributed by atoms with van der Waals surface area (Å²) < 4.78 is 5.45. The summed E-state index contributed by atoms with van der Waals surface area (Å²) in [6.45, 7) is 1.97. The lowest BCUT2D eigenvalue weighted by Crippen LogP contribution is -2.43. The van der Waals surface area contributed by atoms with Crippen LogP contribution in [0, 0.1) is 0 Å². The van der Waals surface area contributed by atoms with Crippen molar-refractivity contribution in [3.05, 3.63) is 41.2 Å². The molecule has 1 aromatic heterocycles. The Morgan fingerprint density at radius 3 is 2.96 bits per heavy atom. The maximum absolute atomic E-state index is 12.4. The lowest BCUT2D eigenvalue weighted by molar-refractivity contribution is -0.145. The van der Waals surface area contributed by atoms with Gasteiger partial charge in [-0.25, -0.2) is 4.79 Å². The normalized spacial score (nSPS) is 18.3. The number of rotatable bonds is 7. The Bertz CT molecular complexity index is 649. The second-order valence-electron chi connectivity index (χ2n) is 4.94. The van der Waals surface area contributed by atoms with E-state index in [1.54, 1.807) is 36.6 Å². The second-order valence-corrected chi connectivity index (χ2v) is 6.62. The summed E-state index contributed by atoms with van der Waals surface area (Å²) >= 11 is 6.31. The van der Waals surface area contributed by atoms with Crippen LogP contribution in [0.3, 0.4) is 0 Å². The van der Waals surface area contributed by atoms with Crippen molar-refractivity contribution in [2.75, 3.05) is 0 Å². The Morgan fingerprint density at radius 2 is 2.35 bits per heavy atom. The van der Waals surface area contributed by atoms with Gasteiger partial charge in [0, 0.05) is 0 Å². The molecule has 1 N–H and O–H groups in total. The molecule has 23 heavy (non-hydrogen) atoms. The van der Waals surface area contributed by atoms with E-state index in [2.05, 4.69) is 0 Å². The van der Waals surface area contributed by atoms with E-state index in [1.165, 1.54) is 4.90 Å². The highest BCUT2D eigenvalue weighted by Crippen LogP contribution is 2.33. The number of hydrogen-bond donors (Lipinski definition) is 1. The van der Waals surface area contributed by atoms with Crippen LogP contribution in [0.1, 0.15) is 31.9 Å². The molecule has 0 bridgehead atoms. The first kappa shape index (κ1) is 17.5. The highest BCUT2D eigenvalue weighted by Gasteiger charge is 2.39. The molecule has 7 heteroatoms. The van der Waals surface area contributed by atoms with E-state index in [0.29, 0.717) is 17.1 Å². The van der Waals surface area contributed by atoms with Crippen LogP contribution in [0.5, 0.6) is 0 Å². The molecule has 1 aliphatic heterocycles. The number of furan rings is 1. The number of carboxylic acid groups (broad SMARTS) is 1. The maximum atomic E-state index is 12.4. The van der Waals surface area contributed by atoms with Gasteiger partial charge in [-0.1, -0.05) is 49.8 Å². The number of amides is 1. The Hall–Kier alpha value is -1.86. The van der Waals surface area contributed by atoms with Crippen LogP contribution in [-0.4, -0.2) is 32.2 Å². The molecule has 122 valence electrons. The molecule has 1 fully saturated rings. The fraction of sp³-hybridized carbons (Fsp3) is 0.312. The zero-order valence-electron chi connectivity index (χ0n) is 12.6. The number of hydrogen-bond acceptors (Lipinski definition) is 5. The lowest BCUT2D eigenvalue weighted by Gasteiger charge is -2.22. The quantitative estimate of drug-likeness (QED) is 0.597. The molecule has 0 saturated carbocycles. The van der Waals surface area contributed by atoms with Crippen LogP contribution in [0.2, 0.25) is 0 Å². The number of carboxylic acids is 1. The van der Waals surface area contributed by atoms with Gasteiger partial charge in [0.2, 0.25) is 0 Å².